The molecular formula is C24H24N2O4S. The van der Waals surface area contributed by atoms with Gasteiger partial charge >= 0.3 is 0 Å². The van der Waals surface area contributed by atoms with Crippen molar-refractivity contribution in [3.63, 3.8) is 0 Å². The number of methoxy groups -OCH3 is 4. The van der Waals surface area contributed by atoms with E-state index in [-0.39, 0.29) is 0 Å². The molecule has 160 valence electrons. The monoisotopic (exact) mass is 436 g/mol. The zero-order valence-corrected chi connectivity index (χ0v) is 18.7. The quantitative estimate of drug-likeness (QED) is 0.470. The molecule has 0 spiro atoms. The fourth-order valence-corrected chi connectivity index (χ4v) is 3.18. The number of rotatable bonds is 8. The predicted molar refractivity (Wildman–Crippen MR) is 126 cm³/mol. The number of benzene rings is 2. The summed E-state index contributed by atoms with van der Waals surface area (Å²) >= 11 is 5.29. The molecule has 0 amide bonds. The number of hydrogen-bond acceptors (Lipinski definition) is 6. The Morgan fingerprint density at radius 1 is 0.677 bits per heavy atom. The number of hydrogen-bond donors (Lipinski definition) is 1. The van der Waals surface area contributed by atoms with Crippen molar-refractivity contribution in [1.82, 2.24) is 9.97 Å². The van der Waals surface area contributed by atoms with Gasteiger partial charge in [0, 0.05) is 5.69 Å². The minimum atomic E-state index is 0.404. The number of nitrogens with one attached hydrogen (secondary N) is 1. The van der Waals surface area contributed by atoms with Gasteiger partial charge in [0.1, 0.15) is 0 Å². The Bertz CT molecular complexity index is 1080. The lowest BCUT2D eigenvalue weighted by Crippen LogP contribution is -1.91. The van der Waals surface area contributed by atoms with E-state index in [9.17, 15) is 0 Å². The van der Waals surface area contributed by atoms with Gasteiger partial charge in [0.15, 0.2) is 27.8 Å². The van der Waals surface area contributed by atoms with E-state index in [1.165, 1.54) is 0 Å². The topological polar surface area (TPSA) is 65.6 Å². The maximum absolute atomic E-state index is 5.35. The van der Waals surface area contributed by atoms with E-state index in [1.807, 2.05) is 66.8 Å². The lowest BCUT2D eigenvalue weighted by molar-refractivity contribution is 0.355. The summed E-state index contributed by atoms with van der Waals surface area (Å²) in [6, 6.07) is 13.3. The van der Waals surface area contributed by atoms with Crippen LogP contribution in [0.4, 0.5) is 0 Å². The third-order valence-corrected chi connectivity index (χ3v) is 4.70. The van der Waals surface area contributed by atoms with E-state index in [2.05, 4.69) is 9.97 Å². The van der Waals surface area contributed by atoms with Gasteiger partial charge in [-0.15, -0.1) is 0 Å². The maximum atomic E-state index is 5.35. The van der Waals surface area contributed by atoms with Crippen molar-refractivity contribution in [3.05, 3.63) is 69.8 Å². The molecule has 0 saturated carbocycles. The first-order chi connectivity index (χ1) is 15.1. The summed E-state index contributed by atoms with van der Waals surface area (Å²) in [5, 5.41) is 0. The Kier molecular flexibility index (Phi) is 7.45. The van der Waals surface area contributed by atoms with Crippen LogP contribution in [-0.2, 0) is 0 Å². The SMILES string of the molecule is COc1ccc(/C=C/c2cc(/C=C/c3ccc(OC)c(OC)c3)[nH]c(=S)n2)cc1OC. The highest BCUT2D eigenvalue weighted by molar-refractivity contribution is 7.71. The molecule has 0 aliphatic carbocycles. The maximum Gasteiger partial charge on any atom is 0.197 e. The lowest BCUT2D eigenvalue weighted by atomic mass is 10.1. The van der Waals surface area contributed by atoms with Crippen LogP contribution in [0.15, 0.2) is 42.5 Å². The first-order valence-corrected chi connectivity index (χ1v) is 9.88. The minimum absolute atomic E-state index is 0.404. The van der Waals surface area contributed by atoms with Gasteiger partial charge in [0.2, 0.25) is 0 Å². The Morgan fingerprint density at radius 2 is 1.19 bits per heavy atom. The van der Waals surface area contributed by atoms with Crippen LogP contribution in [0.25, 0.3) is 24.3 Å². The van der Waals surface area contributed by atoms with E-state index < -0.39 is 0 Å². The van der Waals surface area contributed by atoms with E-state index >= 15 is 0 Å². The summed E-state index contributed by atoms with van der Waals surface area (Å²) in [7, 11) is 6.45. The van der Waals surface area contributed by atoms with Gasteiger partial charge in [0.25, 0.3) is 0 Å². The van der Waals surface area contributed by atoms with Gasteiger partial charge in [-0.2, -0.15) is 0 Å². The Morgan fingerprint density at radius 3 is 1.71 bits per heavy atom. The summed E-state index contributed by atoms with van der Waals surface area (Å²) in [5.74, 6) is 2.71. The zero-order valence-electron chi connectivity index (χ0n) is 17.8. The lowest BCUT2D eigenvalue weighted by Gasteiger charge is -2.07. The van der Waals surface area contributed by atoms with Crippen LogP contribution in [0, 0.1) is 4.77 Å². The summed E-state index contributed by atoms with van der Waals surface area (Å²) in [4.78, 5) is 7.47. The Hall–Kier alpha value is -3.58. The standard InChI is InChI=1S/C24H24N2O4S/c1-27-20-11-7-16(13-22(20)29-3)5-9-18-15-19(26-24(31)25-18)10-6-17-8-12-21(28-2)23(14-17)30-4/h5-15H,1-4H3,(H,25,26,31)/b9-5+,10-6+. The van der Waals surface area contributed by atoms with Crippen molar-refractivity contribution in [3.8, 4) is 23.0 Å². The normalized spacial score (nSPS) is 11.1. The van der Waals surface area contributed by atoms with E-state index in [0.717, 1.165) is 22.5 Å². The number of aromatic amines is 1. The Labute approximate surface area is 186 Å². The van der Waals surface area contributed by atoms with Crippen molar-refractivity contribution >= 4 is 36.5 Å². The van der Waals surface area contributed by atoms with Crippen molar-refractivity contribution in [2.24, 2.45) is 0 Å². The van der Waals surface area contributed by atoms with Crippen LogP contribution in [-0.4, -0.2) is 38.4 Å². The Balaban J connectivity index is 1.83. The van der Waals surface area contributed by atoms with Crippen molar-refractivity contribution in [1.29, 1.82) is 0 Å². The zero-order chi connectivity index (χ0) is 22.2. The molecule has 3 aromatic rings. The van der Waals surface area contributed by atoms with Gasteiger partial charge in [-0.05, 0) is 65.8 Å². The van der Waals surface area contributed by atoms with E-state index in [1.54, 1.807) is 28.4 Å². The molecular weight excluding hydrogens is 412 g/mol. The van der Waals surface area contributed by atoms with Gasteiger partial charge in [-0.25, -0.2) is 4.98 Å². The smallest absolute Gasteiger partial charge is 0.197 e. The third-order valence-electron chi connectivity index (χ3n) is 4.50. The van der Waals surface area contributed by atoms with Crippen LogP contribution in [0.1, 0.15) is 22.5 Å². The average molecular weight is 437 g/mol. The summed E-state index contributed by atoms with van der Waals surface area (Å²) < 4.78 is 21.7. The largest absolute Gasteiger partial charge is 0.493 e. The fourth-order valence-electron chi connectivity index (χ4n) is 2.95. The van der Waals surface area contributed by atoms with Gasteiger partial charge < -0.3 is 23.9 Å². The second kappa shape index (κ2) is 10.4. The van der Waals surface area contributed by atoms with Gasteiger partial charge in [0.05, 0.1) is 34.1 Å². The number of ether oxygens (including phenoxy) is 4. The van der Waals surface area contributed by atoms with E-state index in [0.29, 0.717) is 27.8 Å². The van der Waals surface area contributed by atoms with Crippen LogP contribution in [0.3, 0.4) is 0 Å². The fraction of sp³-hybridized carbons (Fsp3) is 0.167. The molecule has 1 heterocycles. The summed E-state index contributed by atoms with van der Waals surface area (Å²) in [6.45, 7) is 0. The van der Waals surface area contributed by atoms with Crippen LogP contribution in [0.5, 0.6) is 23.0 Å². The molecule has 0 aliphatic heterocycles. The minimum Gasteiger partial charge on any atom is -0.493 e. The third kappa shape index (κ3) is 5.73. The van der Waals surface area contributed by atoms with Crippen molar-refractivity contribution in [2.75, 3.05) is 28.4 Å². The number of aromatic nitrogens is 2. The van der Waals surface area contributed by atoms with Crippen molar-refractivity contribution in [2.45, 2.75) is 0 Å². The van der Waals surface area contributed by atoms with Gasteiger partial charge in [-0.1, -0.05) is 24.3 Å². The van der Waals surface area contributed by atoms with Crippen LogP contribution < -0.4 is 18.9 Å². The van der Waals surface area contributed by atoms with Crippen LogP contribution in [0.2, 0.25) is 0 Å². The highest BCUT2D eigenvalue weighted by atomic mass is 32.1. The van der Waals surface area contributed by atoms with Crippen molar-refractivity contribution < 1.29 is 18.9 Å². The summed E-state index contributed by atoms with van der Waals surface area (Å²) in [6.07, 6.45) is 7.75. The highest BCUT2D eigenvalue weighted by Gasteiger charge is 2.04. The van der Waals surface area contributed by atoms with Crippen LogP contribution >= 0.6 is 12.2 Å². The molecule has 0 aliphatic rings. The molecule has 0 saturated heterocycles. The molecule has 3 rings (SSSR count). The molecule has 7 heteroatoms. The molecule has 1 aromatic heterocycles. The molecule has 2 aromatic carbocycles. The van der Waals surface area contributed by atoms with Gasteiger partial charge in [-0.3, -0.25) is 0 Å². The molecule has 31 heavy (non-hydrogen) atoms. The molecule has 0 fully saturated rings. The number of H-pyrrole nitrogens is 1. The molecule has 6 nitrogen and oxygen atoms in total. The molecule has 0 bridgehead atoms. The predicted octanol–water partition coefficient (Wildman–Crippen LogP) is 5.51. The molecule has 0 radical (unpaired) electrons. The summed E-state index contributed by atoms with van der Waals surface area (Å²) in [5.41, 5.74) is 3.50. The number of nitrogens with zero attached hydrogens (tertiary/aromatic N) is 1. The first kappa shape index (κ1) is 22.1. The molecule has 0 atom stereocenters. The second-order valence-electron chi connectivity index (χ2n) is 6.46. The second-order valence-corrected chi connectivity index (χ2v) is 6.85. The van der Waals surface area contributed by atoms with E-state index in [4.69, 9.17) is 31.2 Å². The first-order valence-electron chi connectivity index (χ1n) is 9.48. The molecule has 1 N–H and O–H groups in total. The highest BCUT2D eigenvalue weighted by Crippen LogP contribution is 2.29. The average Bonchev–Trinajstić information content (AvgIpc) is 2.80. The molecule has 0 unspecified atom stereocenters.